The molecule has 1 heterocycles. The Bertz CT molecular complexity index is 514. The predicted molar refractivity (Wildman–Crippen MR) is 94.8 cm³/mol. The molecule has 25 heavy (non-hydrogen) atoms. The second-order valence-electron chi connectivity index (χ2n) is 9.17. The van der Waals surface area contributed by atoms with Crippen LogP contribution in [0.25, 0.3) is 0 Å². The molecule has 0 aromatic heterocycles. The molecule has 146 valence electrons. The van der Waals surface area contributed by atoms with E-state index in [9.17, 15) is 14.7 Å². The molecule has 1 N–H and O–H groups in total. The Morgan fingerprint density at radius 1 is 1.24 bits per heavy atom. The lowest BCUT2D eigenvalue weighted by Gasteiger charge is -2.40. The monoisotopic (exact) mass is 376 g/mol. The summed E-state index contributed by atoms with van der Waals surface area (Å²) < 4.78 is 21.5. The molecule has 1 fully saturated rings. The van der Waals surface area contributed by atoms with Crippen LogP contribution >= 0.6 is 0 Å². The van der Waals surface area contributed by atoms with Crippen LogP contribution in [0.2, 0.25) is 18.1 Å². The van der Waals surface area contributed by atoms with Crippen LogP contribution in [-0.2, 0) is 23.4 Å². The van der Waals surface area contributed by atoms with E-state index in [4.69, 9.17) is 18.6 Å². The highest BCUT2D eigenvalue weighted by atomic mass is 28.4. The average Bonchev–Trinajstić information content (AvgIpc) is 2.56. The molecule has 1 saturated heterocycles. The van der Waals surface area contributed by atoms with E-state index >= 15 is 0 Å². The largest absolute Gasteiger partial charge is 0.508 e. The number of hydrogen-bond donors (Lipinski definition) is 1. The summed E-state index contributed by atoms with van der Waals surface area (Å²) in [6.07, 6.45) is -2.66. The standard InChI is InChI=1S/C17H32O7Si/c1-15(2,3)23-14(19)21-10-11-12(17(7,20)13(18)22-11)24-25(8,9)16(4,5)6/h11-12,20H,10H2,1-9H3/t11-,12-,17+/m1/s1. The van der Waals surface area contributed by atoms with Crippen molar-refractivity contribution in [1.82, 2.24) is 0 Å². The molecule has 0 radical (unpaired) electrons. The highest BCUT2D eigenvalue weighted by Crippen LogP contribution is 2.41. The zero-order valence-electron chi connectivity index (χ0n) is 16.8. The van der Waals surface area contributed by atoms with Crippen molar-refractivity contribution in [1.29, 1.82) is 0 Å². The fraction of sp³-hybridized carbons (Fsp3) is 0.882. The summed E-state index contributed by atoms with van der Waals surface area (Å²) in [5.41, 5.74) is -2.48. The van der Waals surface area contributed by atoms with Gasteiger partial charge in [-0.2, -0.15) is 0 Å². The van der Waals surface area contributed by atoms with Gasteiger partial charge < -0.3 is 23.7 Å². The fourth-order valence-electron chi connectivity index (χ4n) is 2.03. The number of hydrogen-bond acceptors (Lipinski definition) is 7. The highest BCUT2D eigenvalue weighted by molar-refractivity contribution is 6.74. The topological polar surface area (TPSA) is 91.3 Å². The molecular formula is C17H32O7Si. The van der Waals surface area contributed by atoms with Gasteiger partial charge in [0, 0.05) is 0 Å². The van der Waals surface area contributed by atoms with Gasteiger partial charge in [0.05, 0.1) is 0 Å². The van der Waals surface area contributed by atoms with Gasteiger partial charge >= 0.3 is 12.1 Å². The summed E-state index contributed by atoms with van der Waals surface area (Å²) >= 11 is 0. The first-order chi connectivity index (χ1) is 11.0. The number of carbonyl (C=O) groups is 2. The highest BCUT2D eigenvalue weighted by Gasteiger charge is 2.57. The number of carbonyl (C=O) groups excluding carboxylic acids is 2. The third-order valence-electron chi connectivity index (χ3n) is 4.55. The van der Waals surface area contributed by atoms with E-state index in [1.165, 1.54) is 6.92 Å². The lowest BCUT2D eigenvalue weighted by atomic mass is 9.99. The lowest BCUT2D eigenvalue weighted by Crippen LogP contribution is -2.54. The van der Waals surface area contributed by atoms with E-state index in [0.29, 0.717) is 0 Å². The van der Waals surface area contributed by atoms with Gasteiger partial charge in [0.25, 0.3) is 0 Å². The molecule has 0 bridgehead atoms. The van der Waals surface area contributed by atoms with Crippen molar-refractivity contribution < 1.29 is 33.3 Å². The Morgan fingerprint density at radius 2 is 1.76 bits per heavy atom. The second kappa shape index (κ2) is 6.89. The Kier molecular flexibility index (Phi) is 6.04. The van der Waals surface area contributed by atoms with Crippen LogP contribution in [0.3, 0.4) is 0 Å². The predicted octanol–water partition coefficient (Wildman–Crippen LogP) is 3.00. The van der Waals surface area contributed by atoms with Gasteiger partial charge in [0.2, 0.25) is 0 Å². The van der Waals surface area contributed by atoms with Crippen molar-refractivity contribution in [3.8, 4) is 0 Å². The van der Waals surface area contributed by atoms with Gasteiger partial charge in [0.15, 0.2) is 20.0 Å². The number of cyclic esters (lactones) is 1. The molecule has 0 aliphatic carbocycles. The van der Waals surface area contributed by atoms with Crippen molar-refractivity contribution in [2.75, 3.05) is 6.61 Å². The molecule has 0 amide bonds. The lowest BCUT2D eigenvalue weighted by molar-refractivity contribution is -0.155. The minimum Gasteiger partial charge on any atom is -0.454 e. The molecule has 8 heteroatoms. The molecule has 1 aliphatic heterocycles. The molecule has 3 atom stereocenters. The van der Waals surface area contributed by atoms with Gasteiger partial charge in [-0.15, -0.1) is 0 Å². The molecule has 7 nitrogen and oxygen atoms in total. The van der Waals surface area contributed by atoms with E-state index in [-0.39, 0.29) is 11.6 Å². The van der Waals surface area contributed by atoms with Crippen molar-refractivity contribution in [3.05, 3.63) is 0 Å². The summed E-state index contributed by atoms with van der Waals surface area (Å²) in [5, 5.41) is 10.4. The molecule has 0 aromatic rings. The van der Waals surface area contributed by atoms with Gasteiger partial charge in [-0.05, 0) is 45.8 Å². The average molecular weight is 377 g/mol. The summed E-state index contributed by atoms with van der Waals surface area (Å²) in [4.78, 5) is 23.7. The smallest absolute Gasteiger partial charge is 0.454 e. The second-order valence-corrected chi connectivity index (χ2v) is 13.9. The first-order valence-electron chi connectivity index (χ1n) is 8.44. The number of esters is 1. The molecule has 0 spiro atoms. The van der Waals surface area contributed by atoms with Crippen LogP contribution in [0.1, 0.15) is 48.5 Å². The molecule has 1 rings (SSSR count). The van der Waals surface area contributed by atoms with Crippen LogP contribution < -0.4 is 0 Å². The number of aliphatic hydroxyl groups is 1. The quantitative estimate of drug-likeness (QED) is 0.595. The molecular weight excluding hydrogens is 344 g/mol. The maximum absolute atomic E-state index is 12.0. The van der Waals surface area contributed by atoms with Crippen LogP contribution in [0, 0.1) is 0 Å². The third-order valence-corrected chi connectivity index (χ3v) is 9.00. The Morgan fingerprint density at radius 3 is 2.20 bits per heavy atom. The summed E-state index contributed by atoms with van der Waals surface area (Å²) in [6, 6.07) is 0. The van der Waals surface area contributed by atoms with Crippen LogP contribution in [0.4, 0.5) is 4.79 Å². The Hall–Kier alpha value is -1.12. The first-order valence-corrected chi connectivity index (χ1v) is 11.4. The maximum Gasteiger partial charge on any atom is 0.508 e. The first kappa shape index (κ1) is 21.9. The number of ether oxygens (including phenoxy) is 3. The molecule has 1 aliphatic rings. The summed E-state index contributed by atoms with van der Waals surface area (Å²) in [7, 11) is -2.29. The SMILES string of the molecule is CC(C)(C)OC(=O)OC[C@H]1OC(=O)[C@@](C)(O)[C@@H]1O[Si](C)(C)C(C)(C)C. The normalized spacial score (nSPS) is 27.8. The van der Waals surface area contributed by atoms with Crippen molar-refractivity contribution in [2.24, 2.45) is 0 Å². The minimum atomic E-state index is -2.29. The van der Waals surface area contributed by atoms with E-state index in [0.717, 1.165) is 0 Å². The van der Waals surface area contributed by atoms with Gasteiger partial charge in [-0.25, -0.2) is 9.59 Å². The third kappa shape index (κ3) is 5.42. The van der Waals surface area contributed by atoms with E-state index in [1.807, 2.05) is 13.1 Å². The maximum atomic E-state index is 12.0. The molecule has 0 saturated carbocycles. The Balaban J connectivity index is 2.87. The van der Waals surface area contributed by atoms with Crippen LogP contribution in [0.5, 0.6) is 0 Å². The molecule has 0 aromatic carbocycles. The van der Waals surface area contributed by atoms with Gasteiger partial charge in [0.1, 0.15) is 18.3 Å². The minimum absolute atomic E-state index is 0.120. The van der Waals surface area contributed by atoms with Crippen LogP contribution in [0.15, 0.2) is 0 Å². The van der Waals surface area contributed by atoms with Crippen LogP contribution in [-0.4, -0.2) is 55.6 Å². The van der Waals surface area contributed by atoms with E-state index in [2.05, 4.69) is 20.8 Å². The summed E-state index contributed by atoms with van der Waals surface area (Å²) in [5.74, 6) is -0.783. The van der Waals surface area contributed by atoms with E-state index in [1.54, 1.807) is 20.8 Å². The van der Waals surface area contributed by atoms with Crippen molar-refractivity contribution in [2.45, 2.75) is 90.0 Å². The van der Waals surface area contributed by atoms with Gasteiger partial charge in [-0.1, -0.05) is 20.8 Å². The van der Waals surface area contributed by atoms with Gasteiger partial charge in [-0.3, -0.25) is 0 Å². The fourth-order valence-corrected chi connectivity index (χ4v) is 3.40. The van der Waals surface area contributed by atoms with Crippen molar-refractivity contribution >= 4 is 20.4 Å². The van der Waals surface area contributed by atoms with E-state index < -0.39 is 43.9 Å². The molecule has 0 unspecified atom stereocenters. The zero-order chi connectivity index (χ0) is 19.8. The Labute approximate surface area is 151 Å². The number of rotatable bonds is 4. The zero-order valence-corrected chi connectivity index (χ0v) is 17.8. The van der Waals surface area contributed by atoms with Crippen molar-refractivity contribution in [3.63, 3.8) is 0 Å². The summed E-state index contributed by atoms with van der Waals surface area (Å²) in [6.45, 7) is 16.5.